The Morgan fingerprint density at radius 1 is 1.10 bits per heavy atom. The molecule has 0 atom stereocenters. The molecule has 0 saturated carbocycles. The van der Waals surface area contributed by atoms with Crippen molar-refractivity contribution in [3.63, 3.8) is 0 Å². The number of methoxy groups -OCH3 is 1. The fourth-order valence-electron chi connectivity index (χ4n) is 3.13. The molecule has 31 heavy (non-hydrogen) atoms. The van der Waals surface area contributed by atoms with Gasteiger partial charge >= 0.3 is 0 Å². The highest BCUT2D eigenvalue weighted by atomic mass is 35.5. The topological polar surface area (TPSA) is 73.2 Å². The van der Waals surface area contributed by atoms with Crippen molar-refractivity contribution >= 4 is 45.9 Å². The van der Waals surface area contributed by atoms with Crippen LogP contribution in [0.15, 0.2) is 82.7 Å². The number of aromatic nitrogens is 2. The molecule has 0 radical (unpaired) electrons. The summed E-state index contributed by atoms with van der Waals surface area (Å²) in [5.74, 6) is 0.361. The van der Waals surface area contributed by atoms with Gasteiger partial charge in [0, 0.05) is 10.7 Å². The lowest BCUT2D eigenvalue weighted by Crippen LogP contribution is -2.23. The quantitative estimate of drug-likeness (QED) is 0.337. The number of fused-ring (bicyclic) bond motifs is 1. The van der Waals surface area contributed by atoms with Crippen LogP contribution in [0.5, 0.6) is 5.75 Å². The Morgan fingerprint density at radius 3 is 2.68 bits per heavy atom. The normalized spacial score (nSPS) is 10.8. The molecular formula is C23H18ClN3O3S. The fourth-order valence-corrected chi connectivity index (χ4v) is 4.13. The van der Waals surface area contributed by atoms with Crippen molar-refractivity contribution in [3.8, 4) is 11.4 Å². The number of thioether (sulfide) groups is 1. The Labute approximate surface area is 187 Å². The minimum absolute atomic E-state index is 0.0619. The molecule has 0 aliphatic heterocycles. The number of hydrogen-bond acceptors (Lipinski definition) is 5. The molecule has 3 aromatic carbocycles. The third-order valence-corrected chi connectivity index (χ3v) is 5.69. The first kappa shape index (κ1) is 21.0. The van der Waals surface area contributed by atoms with Crippen LogP contribution in [0.25, 0.3) is 16.6 Å². The van der Waals surface area contributed by atoms with Crippen molar-refractivity contribution in [1.82, 2.24) is 9.55 Å². The number of halogens is 1. The predicted octanol–water partition coefficient (Wildman–Crippen LogP) is 4.78. The number of amides is 1. The second-order valence-corrected chi connectivity index (χ2v) is 7.95. The third kappa shape index (κ3) is 4.57. The van der Waals surface area contributed by atoms with Crippen LogP contribution in [0.4, 0.5) is 5.69 Å². The smallest absolute Gasteiger partial charge is 0.266 e. The first-order chi connectivity index (χ1) is 15.1. The van der Waals surface area contributed by atoms with E-state index in [2.05, 4.69) is 10.3 Å². The second kappa shape index (κ2) is 9.24. The molecule has 0 aliphatic carbocycles. The van der Waals surface area contributed by atoms with Crippen LogP contribution in [0.1, 0.15) is 0 Å². The summed E-state index contributed by atoms with van der Waals surface area (Å²) in [5.41, 5.74) is 1.50. The molecule has 0 saturated heterocycles. The third-order valence-electron chi connectivity index (χ3n) is 4.51. The summed E-state index contributed by atoms with van der Waals surface area (Å²) in [7, 11) is 1.55. The van der Waals surface area contributed by atoms with Crippen molar-refractivity contribution < 1.29 is 9.53 Å². The highest BCUT2D eigenvalue weighted by molar-refractivity contribution is 7.99. The van der Waals surface area contributed by atoms with Gasteiger partial charge in [-0.1, -0.05) is 53.7 Å². The maximum absolute atomic E-state index is 13.3. The van der Waals surface area contributed by atoms with E-state index in [-0.39, 0.29) is 17.2 Å². The van der Waals surface area contributed by atoms with E-state index in [9.17, 15) is 9.59 Å². The molecule has 1 aromatic heterocycles. The molecule has 0 bridgehead atoms. The van der Waals surface area contributed by atoms with Gasteiger partial charge in [0.25, 0.3) is 5.56 Å². The van der Waals surface area contributed by atoms with Crippen molar-refractivity contribution in [2.45, 2.75) is 5.16 Å². The highest BCUT2D eigenvalue weighted by Crippen LogP contribution is 2.27. The number of ether oxygens (including phenoxy) is 1. The van der Waals surface area contributed by atoms with Crippen molar-refractivity contribution in [1.29, 1.82) is 0 Å². The number of carbonyl (C=O) groups is 1. The number of nitrogens with one attached hydrogen (secondary N) is 1. The zero-order valence-electron chi connectivity index (χ0n) is 16.5. The summed E-state index contributed by atoms with van der Waals surface area (Å²) in [6.07, 6.45) is 0. The Kier molecular flexibility index (Phi) is 6.25. The van der Waals surface area contributed by atoms with Gasteiger partial charge in [-0.25, -0.2) is 4.98 Å². The molecule has 0 aliphatic rings. The molecule has 1 N–H and O–H groups in total. The van der Waals surface area contributed by atoms with Crippen LogP contribution in [0.3, 0.4) is 0 Å². The molecule has 1 amide bonds. The number of benzene rings is 3. The first-order valence-corrected chi connectivity index (χ1v) is 10.8. The standard InChI is InChI=1S/C23H18ClN3O3S/c1-30-20-12-5-4-11-19(20)27-22(29)17-9-2-3-10-18(17)26-23(27)31-14-21(28)25-16-8-6-7-15(24)13-16/h2-13H,14H2,1H3,(H,25,28). The summed E-state index contributed by atoms with van der Waals surface area (Å²) in [4.78, 5) is 30.5. The number of para-hydroxylation sites is 3. The largest absolute Gasteiger partial charge is 0.495 e. The van der Waals surface area contributed by atoms with Gasteiger partial charge in [0.05, 0.1) is 29.5 Å². The summed E-state index contributed by atoms with van der Waals surface area (Å²) < 4.78 is 6.93. The fraction of sp³-hybridized carbons (Fsp3) is 0.0870. The Bertz CT molecular complexity index is 1320. The van der Waals surface area contributed by atoms with E-state index in [1.165, 1.54) is 16.3 Å². The first-order valence-electron chi connectivity index (χ1n) is 9.40. The molecule has 4 aromatic rings. The summed E-state index contributed by atoms with van der Waals surface area (Å²) in [5, 5.41) is 4.22. The average molecular weight is 452 g/mol. The van der Waals surface area contributed by atoms with Crippen LogP contribution in [-0.4, -0.2) is 28.3 Å². The molecule has 156 valence electrons. The molecular weight excluding hydrogens is 434 g/mol. The Balaban J connectivity index is 1.71. The Morgan fingerprint density at radius 2 is 1.87 bits per heavy atom. The van der Waals surface area contributed by atoms with Gasteiger partial charge in [-0.2, -0.15) is 0 Å². The summed E-state index contributed by atoms with van der Waals surface area (Å²) in [6.45, 7) is 0. The van der Waals surface area contributed by atoms with E-state index in [4.69, 9.17) is 16.3 Å². The SMILES string of the molecule is COc1ccccc1-n1c(SCC(=O)Nc2cccc(Cl)c2)nc2ccccc2c1=O. The van der Waals surface area contributed by atoms with Gasteiger partial charge in [0.1, 0.15) is 5.75 Å². The molecule has 1 heterocycles. The van der Waals surface area contributed by atoms with E-state index < -0.39 is 0 Å². The number of hydrogen-bond donors (Lipinski definition) is 1. The van der Waals surface area contributed by atoms with Crippen LogP contribution < -0.4 is 15.6 Å². The maximum Gasteiger partial charge on any atom is 0.266 e. The van der Waals surface area contributed by atoms with Gasteiger partial charge in [-0.05, 0) is 42.5 Å². The minimum Gasteiger partial charge on any atom is -0.495 e. The molecule has 8 heteroatoms. The molecule has 0 spiro atoms. The molecule has 0 unspecified atom stereocenters. The summed E-state index contributed by atoms with van der Waals surface area (Å²) in [6, 6.07) is 21.3. The lowest BCUT2D eigenvalue weighted by Gasteiger charge is -2.15. The second-order valence-electron chi connectivity index (χ2n) is 6.57. The van der Waals surface area contributed by atoms with Crippen LogP contribution in [0.2, 0.25) is 5.02 Å². The van der Waals surface area contributed by atoms with Gasteiger partial charge < -0.3 is 10.1 Å². The van der Waals surface area contributed by atoms with Crippen LogP contribution >= 0.6 is 23.4 Å². The average Bonchev–Trinajstić information content (AvgIpc) is 2.78. The van der Waals surface area contributed by atoms with E-state index >= 15 is 0 Å². The van der Waals surface area contributed by atoms with Crippen molar-refractivity contribution in [2.24, 2.45) is 0 Å². The number of rotatable bonds is 6. The van der Waals surface area contributed by atoms with Crippen LogP contribution in [-0.2, 0) is 4.79 Å². The highest BCUT2D eigenvalue weighted by Gasteiger charge is 2.17. The molecule has 0 fully saturated rings. The number of nitrogens with zero attached hydrogens (tertiary/aromatic N) is 2. The predicted molar refractivity (Wildman–Crippen MR) is 125 cm³/mol. The summed E-state index contributed by atoms with van der Waals surface area (Å²) >= 11 is 7.15. The monoisotopic (exact) mass is 451 g/mol. The van der Waals surface area contributed by atoms with Gasteiger partial charge in [-0.3, -0.25) is 14.2 Å². The lowest BCUT2D eigenvalue weighted by atomic mass is 10.2. The van der Waals surface area contributed by atoms with Gasteiger partial charge in [-0.15, -0.1) is 0 Å². The minimum atomic E-state index is -0.235. The number of anilines is 1. The van der Waals surface area contributed by atoms with Crippen molar-refractivity contribution in [2.75, 3.05) is 18.2 Å². The Hall–Kier alpha value is -3.29. The van der Waals surface area contributed by atoms with E-state index in [1.54, 1.807) is 61.7 Å². The number of carbonyl (C=O) groups excluding carboxylic acids is 1. The molecule has 6 nitrogen and oxygen atoms in total. The van der Waals surface area contributed by atoms with Gasteiger partial charge in [0.2, 0.25) is 5.91 Å². The van der Waals surface area contributed by atoms with Gasteiger partial charge in [0.15, 0.2) is 5.16 Å². The van der Waals surface area contributed by atoms with Crippen molar-refractivity contribution in [3.05, 3.63) is 88.2 Å². The van der Waals surface area contributed by atoms with Crippen LogP contribution in [0, 0.1) is 0 Å². The lowest BCUT2D eigenvalue weighted by molar-refractivity contribution is -0.113. The zero-order valence-corrected chi connectivity index (χ0v) is 18.1. The zero-order chi connectivity index (χ0) is 21.8. The molecule has 4 rings (SSSR count). The van der Waals surface area contributed by atoms with E-state index in [0.717, 1.165) is 0 Å². The van der Waals surface area contributed by atoms with E-state index in [1.807, 2.05) is 18.2 Å². The van der Waals surface area contributed by atoms with E-state index in [0.29, 0.717) is 38.2 Å². The maximum atomic E-state index is 13.3.